The molecule has 4 heterocycles. The van der Waals surface area contributed by atoms with Crippen molar-refractivity contribution in [2.24, 2.45) is 53.3 Å². The second-order valence-electron chi connectivity index (χ2n) is 19.5. The van der Waals surface area contributed by atoms with Crippen LogP contribution in [0.1, 0.15) is 108 Å². The molecule has 322 valence electrons. The monoisotopic (exact) mass is 788 g/mol. The lowest BCUT2D eigenvalue weighted by Gasteiger charge is -2.47. The van der Waals surface area contributed by atoms with E-state index in [1.165, 1.54) is 12.8 Å². The van der Waals surface area contributed by atoms with Crippen molar-refractivity contribution in [2.45, 2.75) is 151 Å². The Balaban J connectivity index is 1.70. The number of rotatable bonds is 9. The third-order valence-electron chi connectivity index (χ3n) is 13.6. The van der Waals surface area contributed by atoms with Gasteiger partial charge < -0.3 is 39.1 Å². The van der Waals surface area contributed by atoms with Crippen LogP contribution in [0.15, 0.2) is 23.8 Å². The van der Waals surface area contributed by atoms with Gasteiger partial charge in [-0.1, -0.05) is 73.1 Å². The molecule has 0 aromatic rings. The van der Waals surface area contributed by atoms with E-state index in [2.05, 4.69) is 50.5 Å². The molecule has 0 aromatic heterocycles. The number of ether oxygens (including phenoxy) is 3. The second-order valence-corrected chi connectivity index (χ2v) is 19.5. The molecular formula is C46H81N3O7. The number of carbonyl (C=O) groups is 2. The second kappa shape index (κ2) is 21.6. The fourth-order valence-electron chi connectivity index (χ4n) is 10.7. The lowest BCUT2D eigenvalue weighted by Crippen LogP contribution is -2.60. The van der Waals surface area contributed by atoms with Gasteiger partial charge in [0.05, 0.1) is 24.7 Å². The van der Waals surface area contributed by atoms with Crippen LogP contribution in [0.25, 0.3) is 0 Å². The number of cyclic esters (lactones) is 1. The van der Waals surface area contributed by atoms with E-state index in [1.807, 2.05) is 59.7 Å². The van der Waals surface area contributed by atoms with Gasteiger partial charge in [-0.2, -0.15) is 0 Å². The van der Waals surface area contributed by atoms with Gasteiger partial charge in [0.1, 0.15) is 12.2 Å². The minimum atomic E-state index is -1.07. The van der Waals surface area contributed by atoms with Crippen LogP contribution < -0.4 is 0 Å². The Morgan fingerprint density at radius 3 is 2.00 bits per heavy atom. The van der Waals surface area contributed by atoms with Crippen LogP contribution in [0, 0.1) is 53.3 Å². The summed E-state index contributed by atoms with van der Waals surface area (Å²) in [4.78, 5) is 34.8. The molecule has 0 bridgehead atoms. The van der Waals surface area contributed by atoms with E-state index < -0.39 is 36.5 Å². The fourth-order valence-corrected chi connectivity index (χ4v) is 10.7. The van der Waals surface area contributed by atoms with Crippen LogP contribution in [-0.4, -0.2) is 133 Å². The first-order chi connectivity index (χ1) is 26.4. The van der Waals surface area contributed by atoms with Crippen LogP contribution >= 0.6 is 0 Å². The van der Waals surface area contributed by atoms with E-state index in [9.17, 15) is 19.8 Å². The third-order valence-corrected chi connectivity index (χ3v) is 13.6. The molecule has 2 N–H and O–H groups in total. The van der Waals surface area contributed by atoms with Crippen LogP contribution in [-0.2, 0) is 23.8 Å². The average molecular weight is 788 g/mol. The number of esters is 1. The first-order valence-corrected chi connectivity index (χ1v) is 22.2. The molecule has 10 nitrogen and oxygen atoms in total. The lowest BCUT2D eigenvalue weighted by atomic mass is 9.79. The summed E-state index contributed by atoms with van der Waals surface area (Å²) >= 11 is 0. The Morgan fingerprint density at radius 2 is 1.43 bits per heavy atom. The molecule has 0 saturated carbocycles. The summed E-state index contributed by atoms with van der Waals surface area (Å²) in [6.45, 7) is 27.0. The minimum absolute atomic E-state index is 0.0554. The molecule has 0 aliphatic carbocycles. The van der Waals surface area contributed by atoms with Crippen molar-refractivity contribution in [3.63, 3.8) is 0 Å². The zero-order chi connectivity index (χ0) is 41.4. The average Bonchev–Trinajstić information content (AvgIpc) is 3.10. The molecule has 4 aliphatic rings. The highest BCUT2D eigenvalue weighted by atomic mass is 16.7. The van der Waals surface area contributed by atoms with Crippen molar-refractivity contribution in [3.05, 3.63) is 23.8 Å². The van der Waals surface area contributed by atoms with Gasteiger partial charge in [-0.15, -0.1) is 0 Å². The predicted octanol–water partition coefficient (Wildman–Crippen LogP) is 6.44. The molecule has 0 aromatic carbocycles. The van der Waals surface area contributed by atoms with Crippen molar-refractivity contribution >= 4 is 11.8 Å². The highest BCUT2D eigenvalue weighted by molar-refractivity contribution is 5.91. The number of ketones is 1. The molecule has 16 unspecified atom stereocenters. The summed E-state index contributed by atoms with van der Waals surface area (Å²) in [5, 5.41) is 23.7. The molecule has 3 fully saturated rings. The molecule has 0 spiro atoms. The number of aliphatic hydroxyl groups excluding tert-OH is 2. The standard InChI is InChI=1S/C46H81N3O7/c1-13-41-38(27-49-25-31(5)19-32(6)26-49)20-28(2)14-15-39(50)33(7)21-37(16-17-48-23-29(3)18-30(4)24-48)45(35(9)40(51)22-42(52)55-41)56-46-44(53)43(47(11)12)34(8)36(10)54-46/h14-15,20,29-38,40-41,43-46,51,53H,13,16-19,21-27H2,1-12H3/b15-14+,28-20+. The number of likely N-dealkylation sites (tertiary alicyclic amines) is 2. The van der Waals surface area contributed by atoms with E-state index >= 15 is 0 Å². The van der Waals surface area contributed by atoms with E-state index in [-0.39, 0.29) is 54.1 Å². The number of aliphatic hydroxyl groups is 2. The minimum Gasteiger partial charge on any atom is -0.462 e. The van der Waals surface area contributed by atoms with Crippen molar-refractivity contribution < 1.29 is 34.0 Å². The maximum absolute atomic E-state index is 14.0. The zero-order valence-electron chi connectivity index (χ0n) is 37.2. The Hall–Kier alpha value is -1.66. The van der Waals surface area contributed by atoms with E-state index in [0.29, 0.717) is 36.5 Å². The molecule has 10 heteroatoms. The lowest BCUT2D eigenvalue weighted by molar-refractivity contribution is -0.295. The first kappa shape index (κ1) is 47.0. The van der Waals surface area contributed by atoms with E-state index in [0.717, 1.165) is 51.3 Å². The largest absolute Gasteiger partial charge is 0.462 e. The molecule has 16 atom stereocenters. The summed E-state index contributed by atoms with van der Waals surface area (Å²) < 4.78 is 19.6. The molecule has 0 amide bonds. The number of hydrogen-bond acceptors (Lipinski definition) is 10. The van der Waals surface area contributed by atoms with Gasteiger partial charge >= 0.3 is 5.97 Å². The smallest absolute Gasteiger partial charge is 0.308 e. The summed E-state index contributed by atoms with van der Waals surface area (Å²) in [6, 6.07) is -0.197. The maximum Gasteiger partial charge on any atom is 0.308 e. The first-order valence-electron chi connectivity index (χ1n) is 22.2. The topological polar surface area (TPSA) is 112 Å². The van der Waals surface area contributed by atoms with E-state index in [4.69, 9.17) is 14.2 Å². The van der Waals surface area contributed by atoms with Gasteiger partial charge in [0.2, 0.25) is 0 Å². The van der Waals surface area contributed by atoms with Gasteiger partial charge in [-0.3, -0.25) is 9.59 Å². The molecular weight excluding hydrogens is 707 g/mol. The number of likely N-dealkylation sites (N-methyl/N-ethyl adjacent to an activating group) is 1. The molecule has 4 aliphatic heterocycles. The highest BCUT2D eigenvalue weighted by Gasteiger charge is 2.46. The Bertz CT molecular complexity index is 1290. The molecule has 4 rings (SSSR count). The van der Waals surface area contributed by atoms with Gasteiger partial charge in [0, 0.05) is 62.4 Å². The van der Waals surface area contributed by atoms with E-state index in [1.54, 1.807) is 6.08 Å². The van der Waals surface area contributed by atoms with Gasteiger partial charge in [0.15, 0.2) is 12.1 Å². The van der Waals surface area contributed by atoms with Crippen molar-refractivity contribution in [2.75, 3.05) is 53.4 Å². The van der Waals surface area contributed by atoms with Crippen LogP contribution in [0.4, 0.5) is 0 Å². The molecule has 56 heavy (non-hydrogen) atoms. The van der Waals surface area contributed by atoms with Gasteiger partial charge in [-0.25, -0.2) is 0 Å². The van der Waals surface area contributed by atoms with Gasteiger partial charge in [0.25, 0.3) is 0 Å². The fraction of sp³-hybridized carbons (Fsp3) is 0.870. The Morgan fingerprint density at radius 1 is 0.839 bits per heavy atom. The van der Waals surface area contributed by atoms with Crippen LogP contribution in [0.5, 0.6) is 0 Å². The Labute approximate surface area is 340 Å². The van der Waals surface area contributed by atoms with Crippen molar-refractivity contribution in [3.8, 4) is 0 Å². The van der Waals surface area contributed by atoms with Crippen molar-refractivity contribution in [1.29, 1.82) is 0 Å². The Kier molecular flexibility index (Phi) is 18.1. The maximum atomic E-state index is 14.0. The summed E-state index contributed by atoms with van der Waals surface area (Å²) in [5.74, 6) is 1.04. The number of nitrogens with zero attached hydrogens (tertiary/aromatic N) is 3. The summed E-state index contributed by atoms with van der Waals surface area (Å²) in [7, 11) is 3.93. The van der Waals surface area contributed by atoms with Crippen LogP contribution in [0.3, 0.4) is 0 Å². The number of piperidine rings is 2. The molecule has 3 saturated heterocycles. The highest BCUT2D eigenvalue weighted by Crippen LogP contribution is 2.36. The number of hydrogen-bond donors (Lipinski definition) is 2. The number of carbonyl (C=O) groups excluding carboxylic acids is 2. The summed E-state index contributed by atoms with van der Waals surface area (Å²) in [6.07, 6.45) is 5.89. The zero-order valence-corrected chi connectivity index (χ0v) is 37.2. The van der Waals surface area contributed by atoms with Crippen LogP contribution in [0.2, 0.25) is 0 Å². The van der Waals surface area contributed by atoms with Crippen molar-refractivity contribution in [1.82, 2.24) is 14.7 Å². The summed E-state index contributed by atoms with van der Waals surface area (Å²) in [5.41, 5.74) is 0.970. The quantitative estimate of drug-likeness (QED) is 0.254. The van der Waals surface area contributed by atoms with Gasteiger partial charge in [-0.05, 0) is 102 Å². The third kappa shape index (κ3) is 13.2. The predicted molar refractivity (Wildman–Crippen MR) is 224 cm³/mol. The number of allylic oxidation sites excluding steroid dienone is 3. The normalized spacial score (nSPS) is 43.6. The SMILES string of the molecule is CCC1OC(=O)CC(O)C(C)C(OC2OC(C)C(C)C(N(C)C)C2O)C(CCN2CC(C)CC(C)C2)CC(C)C(=O)/C=C/C(C)=C/C1CN1CC(C)CC(C)C1. The molecule has 0 radical (unpaired) electrons.